The van der Waals surface area contributed by atoms with E-state index in [1.54, 1.807) is 31.3 Å². The SMILES string of the molecule is C=C(NC(=O)C(=C)n1cnc2c(-c3ccc4c(c3)N(C)C(=O)CO4)cccc2c1=O)C(=O)N(C)C. The van der Waals surface area contributed by atoms with Crippen molar-refractivity contribution in [2.75, 3.05) is 32.6 Å². The molecule has 2 aromatic carbocycles. The smallest absolute Gasteiger partial charge is 0.272 e. The van der Waals surface area contributed by atoms with Gasteiger partial charge in [0, 0.05) is 26.7 Å². The van der Waals surface area contributed by atoms with Crippen LogP contribution in [0.1, 0.15) is 0 Å². The molecule has 1 N–H and O–H groups in total. The van der Waals surface area contributed by atoms with Crippen molar-refractivity contribution >= 4 is 40.0 Å². The fourth-order valence-corrected chi connectivity index (χ4v) is 3.66. The standard InChI is InChI=1S/C25H23N5O5/c1-14(24(33)28(3)4)27-23(32)15(2)30-13-26-22-17(7-6-8-18(22)25(30)34)16-9-10-20-19(11-16)29(5)21(31)12-35-20/h6-11,13H,1-2,12H2,3-5H3,(H,27,32). The molecule has 10 nitrogen and oxygen atoms in total. The number of benzene rings is 2. The molecule has 3 aromatic rings. The van der Waals surface area contributed by atoms with Gasteiger partial charge < -0.3 is 19.9 Å². The lowest BCUT2D eigenvalue weighted by Crippen LogP contribution is -2.36. The third-order valence-electron chi connectivity index (χ3n) is 5.63. The van der Waals surface area contributed by atoms with Crippen LogP contribution in [0.3, 0.4) is 0 Å². The first-order valence-electron chi connectivity index (χ1n) is 10.6. The van der Waals surface area contributed by atoms with Gasteiger partial charge in [0.15, 0.2) is 6.61 Å². The predicted octanol–water partition coefficient (Wildman–Crippen LogP) is 1.61. The van der Waals surface area contributed by atoms with E-state index >= 15 is 0 Å². The van der Waals surface area contributed by atoms with Crippen molar-refractivity contribution in [3.05, 3.63) is 71.9 Å². The molecule has 4 rings (SSSR count). The summed E-state index contributed by atoms with van der Waals surface area (Å²) < 4.78 is 6.50. The zero-order valence-corrected chi connectivity index (χ0v) is 19.5. The molecule has 0 saturated carbocycles. The summed E-state index contributed by atoms with van der Waals surface area (Å²) >= 11 is 0. The Bertz CT molecular complexity index is 1490. The number of para-hydroxylation sites is 1. The van der Waals surface area contributed by atoms with Gasteiger partial charge in [0.1, 0.15) is 17.8 Å². The molecule has 0 saturated heterocycles. The zero-order chi connectivity index (χ0) is 25.4. The Morgan fingerprint density at radius 1 is 1.14 bits per heavy atom. The van der Waals surface area contributed by atoms with Gasteiger partial charge in [0.2, 0.25) is 0 Å². The van der Waals surface area contributed by atoms with Gasteiger partial charge in [0.05, 0.1) is 22.3 Å². The molecule has 1 aromatic heterocycles. The average Bonchev–Trinajstić information content (AvgIpc) is 2.85. The van der Waals surface area contributed by atoms with Crippen molar-refractivity contribution in [2.24, 2.45) is 0 Å². The fourth-order valence-electron chi connectivity index (χ4n) is 3.66. The maximum Gasteiger partial charge on any atom is 0.272 e. The Morgan fingerprint density at radius 2 is 1.89 bits per heavy atom. The van der Waals surface area contributed by atoms with E-state index in [2.05, 4.69) is 23.5 Å². The minimum absolute atomic E-state index is 0.0215. The largest absolute Gasteiger partial charge is 0.482 e. The van der Waals surface area contributed by atoms with Gasteiger partial charge in [-0.1, -0.05) is 31.4 Å². The summed E-state index contributed by atoms with van der Waals surface area (Å²) in [5, 5.41) is 2.62. The van der Waals surface area contributed by atoms with Crippen LogP contribution in [0.2, 0.25) is 0 Å². The van der Waals surface area contributed by atoms with Gasteiger partial charge in [-0.2, -0.15) is 0 Å². The molecule has 2 heterocycles. The number of hydrogen-bond donors (Lipinski definition) is 1. The zero-order valence-electron chi connectivity index (χ0n) is 19.5. The van der Waals surface area contributed by atoms with E-state index in [-0.39, 0.29) is 29.3 Å². The highest BCUT2D eigenvalue weighted by Gasteiger charge is 2.23. The second kappa shape index (κ2) is 8.90. The van der Waals surface area contributed by atoms with Gasteiger partial charge in [-0.25, -0.2) is 4.98 Å². The number of carbonyl (C=O) groups is 3. The Balaban J connectivity index is 1.71. The van der Waals surface area contributed by atoms with Gasteiger partial charge in [-0.15, -0.1) is 0 Å². The summed E-state index contributed by atoms with van der Waals surface area (Å²) in [5.41, 5.74) is 1.57. The quantitative estimate of drug-likeness (QED) is 0.563. The number of fused-ring (bicyclic) bond motifs is 2. The van der Waals surface area contributed by atoms with Crippen LogP contribution in [-0.4, -0.2) is 59.9 Å². The highest BCUT2D eigenvalue weighted by Crippen LogP contribution is 2.36. The van der Waals surface area contributed by atoms with Crippen LogP contribution in [0.25, 0.3) is 27.7 Å². The van der Waals surface area contributed by atoms with Gasteiger partial charge >= 0.3 is 0 Å². The first-order chi connectivity index (χ1) is 16.6. The molecular weight excluding hydrogens is 450 g/mol. The van der Waals surface area contributed by atoms with Crippen molar-refractivity contribution in [1.29, 1.82) is 0 Å². The molecule has 0 unspecified atom stereocenters. The molecule has 3 amide bonds. The second-order valence-electron chi connectivity index (χ2n) is 8.12. The molecule has 178 valence electrons. The lowest BCUT2D eigenvalue weighted by Gasteiger charge is -2.26. The summed E-state index contributed by atoms with van der Waals surface area (Å²) in [6, 6.07) is 10.5. The number of likely N-dealkylation sites (N-methyl/N-ethyl adjacent to an activating group) is 2. The monoisotopic (exact) mass is 473 g/mol. The Morgan fingerprint density at radius 3 is 2.60 bits per heavy atom. The highest BCUT2D eigenvalue weighted by atomic mass is 16.5. The van der Waals surface area contributed by atoms with Gasteiger partial charge in [-0.05, 0) is 23.8 Å². The van der Waals surface area contributed by atoms with Crippen molar-refractivity contribution in [3.63, 3.8) is 0 Å². The number of amides is 3. The second-order valence-corrected chi connectivity index (χ2v) is 8.12. The van der Waals surface area contributed by atoms with Crippen LogP contribution >= 0.6 is 0 Å². The minimum Gasteiger partial charge on any atom is -0.482 e. The number of anilines is 1. The topological polar surface area (TPSA) is 114 Å². The maximum absolute atomic E-state index is 13.2. The number of nitrogens with one attached hydrogen (secondary N) is 1. The third kappa shape index (κ3) is 4.17. The Labute approximate surface area is 200 Å². The lowest BCUT2D eigenvalue weighted by molar-refractivity contribution is -0.126. The summed E-state index contributed by atoms with van der Waals surface area (Å²) in [7, 11) is 4.72. The van der Waals surface area contributed by atoms with E-state index in [1.807, 2.05) is 12.1 Å². The van der Waals surface area contributed by atoms with E-state index in [0.717, 1.165) is 10.1 Å². The molecule has 0 aliphatic carbocycles. The third-order valence-corrected chi connectivity index (χ3v) is 5.63. The van der Waals surface area contributed by atoms with Crippen molar-refractivity contribution in [2.45, 2.75) is 0 Å². The maximum atomic E-state index is 13.2. The van der Waals surface area contributed by atoms with Gasteiger partial charge in [0.25, 0.3) is 23.3 Å². The average molecular weight is 473 g/mol. The summed E-state index contributed by atoms with van der Waals surface area (Å²) in [6.07, 6.45) is 1.21. The van der Waals surface area contributed by atoms with Crippen LogP contribution in [-0.2, 0) is 14.4 Å². The molecule has 10 heteroatoms. The first-order valence-corrected chi connectivity index (χ1v) is 10.6. The van der Waals surface area contributed by atoms with Crippen LogP contribution in [0.5, 0.6) is 5.75 Å². The van der Waals surface area contributed by atoms with E-state index in [1.165, 1.54) is 30.2 Å². The fraction of sp³-hybridized carbons (Fsp3) is 0.160. The molecule has 35 heavy (non-hydrogen) atoms. The van der Waals surface area contributed by atoms with Crippen molar-refractivity contribution in [3.8, 4) is 16.9 Å². The summed E-state index contributed by atoms with van der Waals surface area (Å²) in [4.78, 5) is 57.0. The number of rotatable bonds is 5. The first kappa shape index (κ1) is 23.4. The number of ether oxygens (including phenoxy) is 1. The van der Waals surface area contributed by atoms with Crippen LogP contribution in [0.4, 0.5) is 5.69 Å². The molecule has 0 atom stereocenters. The molecule has 0 radical (unpaired) electrons. The van der Waals surface area contributed by atoms with E-state index in [0.29, 0.717) is 22.5 Å². The van der Waals surface area contributed by atoms with Gasteiger partial charge in [-0.3, -0.25) is 23.7 Å². The highest BCUT2D eigenvalue weighted by molar-refractivity contribution is 6.15. The van der Waals surface area contributed by atoms with Crippen LogP contribution in [0.15, 0.2) is 66.4 Å². The Kier molecular flexibility index (Phi) is 5.96. The molecule has 0 fully saturated rings. The number of hydrogen-bond acceptors (Lipinski definition) is 6. The molecule has 1 aliphatic rings. The lowest BCUT2D eigenvalue weighted by atomic mass is 10.0. The van der Waals surface area contributed by atoms with E-state index in [4.69, 9.17) is 4.74 Å². The predicted molar refractivity (Wildman–Crippen MR) is 132 cm³/mol. The number of aromatic nitrogens is 2. The summed E-state index contributed by atoms with van der Waals surface area (Å²) in [5.74, 6) is -0.821. The van der Waals surface area contributed by atoms with E-state index in [9.17, 15) is 19.2 Å². The molecular formula is C25H23N5O5. The Hall–Kier alpha value is -4.73. The molecule has 0 bridgehead atoms. The van der Waals surface area contributed by atoms with Crippen molar-refractivity contribution < 1.29 is 19.1 Å². The van der Waals surface area contributed by atoms with Crippen LogP contribution in [0, 0.1) is 0 Å². The molecule has 1 aliphatic heterocycles. The minimum atomic E-state index is -0.757. The number of carbonyl (C=O) groups excluding carboxylic acids is 3. The van der Waals surface area contributed by atoms with E-state index < -0.39 is 17.4 Å². The van der Waals surface area contributed by atoms with Crippen molar-refractivity contribution in [1.82, 2.24) is 19.8 Å². The normalized spacial score (nSPS) is 12.5. The summed E-state index contributed by atoms with van der Waals surface area (Å²) in [6.45, 7) is 7.22. The van der Waals surface area contributed by atoms with Crippen LogP contribution < -0.4 is 20.5 Å². The molecule has 0 spiro atoms. The number of nitrogens with zero attached hydrogens (tertiary/aromatic N) is 4.